The summed E-state index contributed by atoms with van der Waals surface area (Å²) in [6.07, 6.45) is 6.06. The molecule has 5 nitrogen and oxygen atoms in total. The number of nitrogens with one attached hydrogen (secondary N) is 2. The normalized spacial score (nSPS) is 19.3. The van der Waals surface area contributed by atoms with E-state index in [1.807, 2.05) is 26.0 Å². The van der Waals surface area contributed by atoms with Crippen LogP contribution < -0.4 is 10.6 Å². The summed E-state index contributed by atoms with van der Waals surface area (Å²) in [7, 11) is 0. The minimum absolute atomic E-state index is 0.333. The average Bonchev–Trinajstić information content (AvgIpc) is 2.25. The maximum atomic E-state index is 11.9. The van der Waals surface area contributed by atoms with E-state index in [1.54, 1.807) is 0 Å². The Morgan fingerprint density at radius 3 is 2.12 bits per heavy atom. The van der Waals surface area contributed by atoms with Gasteiger partial charge in [-0.3, -0.25) is 20.2 Å². The van der Waals surface area contributed by atoms with Crippen LogP contribution >= 0.6 is 0 Å². The Morgan fingerprint density at radius 2 is 1.65 bits per heavy atom. The molecule has 1 aliphatic heterocycles. The summed E-state index contributed by atoms with van der Waals surface area (Å²) >= 11 is 0. The van der Waals surface area contributed by atoms with Crippen molar-refractivity contribution < 1.29 is 14.4 Å². The van der Waals surface area contributed by atoms with Crippen LogP contribution in [0.4, 0.5) is 4.79 Å². The predicted octanol–water partition coefficient (Wildman–Crippen LogP) is 1.50. The van der Waals surface area contributed by atoms with Crippen LogP contribution in [0.3, 0.4) is 0 Å². The summed E-state index contributed by atoms with van der Waals surface area (Å²) in [6.45, 7) is 3.88. The quantitative estimate of drug-likeness (QED) is 0.563. The van der Waals surface area contributed by atoms with Gasteiger partial charge in [-0.05, 0) is 19.3 Å². The lowest BCUT2D eigenvalue weighted by Gasteiger charge is -2.32. The van der Waals surface area contributed by atoms with E-state index in [0.29, 0.717) is 19.3 Å². The Hall–Kier alpha value is -1.65. The highest BCUT2D eigenvalue weighted by Crippen LogP contribution is 2.31. The van der Waals surface area contributed by atoms with Crippen molar-refractivity contribution in [3.63, 3.8) is 0 Å². The SMILES string of the molecule is CC/C=C/CC1(CCC)C(=O)NC(=O)NC1=O. The second kappa shape index (κ2) is 5.61. The molecular formula is C12H18N2O3. The molecule has 2 N–H and O–H groups in total. The van der Waals surface area contributed by atoms with Crippen LogP contribution in [0.5, 0.6) is 0 Å². The van der Waals surface area contributed by atoms with E-state index in [-0.39, 0.29) is 0 Å². The second-order valence-electron chi connectivity index (χ2n) is 4.15. The Kier molecular flexibility index (Phi) is 4.43. The van der Waals surface area contributed by atoms with Gasteiger partial charge in [-0.25, -0.2) is 4.79 Å². The zero-order valence-electron chi connectivity index (χ0n) is 10.2. The highest BCUT2D eigenvalue weighted by Gasteiger charge is 2.48. The van der Waals surface area contributed by atoms with E-state index in [2.05, 4.69) is 10.6 Å². The number of barbiturate groups is 1. The largest absolute Gasteiger partial charge is 0.328 e. The molecule has 17 heavy (non-hydrogen) atoms. The average molecular weight is 238 g/mol. The van der Waals surface area contributed by atoms with Crippen molar-refractivity contribution in [3.05, 3.63) is 12.2 Å². The molecule has 1 rings (SSSR count). The maximum Gasteiger partial charge on any atom is 0.328 e. The van der Waals surface area contributed by atoms with Crippen LogP contribution in [0, 0.1) is 5.41 Å². The van der Waals surface area contributed by atoms with E-state index in [9.17, 15) is 14.4 Å². The van der Waals surface area contributed by atoms with Gasteiger partial charge in [0.1, 0.15) is 5.41 Å². The first-order valence-corrected chi connectivity index (χ1v) is 5.88. The fourth-order valence-electron chi connectivity index (χ4n) is 1.97. The molecule has 0 aromatic carbocycles. The molecule has 0 saturated carbocycles. The van der Waals surface area contributed by atoms with Crippen molar-refractivity contribution in [1.29, 1.82) is 0 Å². The number of carbonyl (C=O) groups is 3. The standard InChI is InChI=1S/C12H18N2O3/c1-3-5-6-8-12(7-4-2)9(15)13-11(17)14-10(12)16/h5-6H,3-4,7-8H2,1-2H3,(H2,13,14,15,16,17)/b6-5+. The first-order valence-electron chi connectivity index (χ1n) is 5.88. The molecule has 0 aliphatic carbocycles. The van der Waals surface area contributed by atoms with E-state index in [4.69, 9.17) is 0 Å². The summed E-state index contributed by atoms with van der Waals surface area (Å²) in [5.74, 6) is -0.984. The lowest BCUT2D eigenvalue weighted by molar-refractivity contribution is -0.144. The number of rotatable bonds is 5. The van der Waals surface area contributed by atoms with Crippen LogP contribution in [-0.4, -0.2) is 17.8 Å². The lowest BCUT2D eigenvalue weighted by Crippen LogP contribution is -2.62. The molecule has 0 atom stereocenters. The Balaban J connectivity index is 2.95. The van der Waals surface area contributed by atoms with Crippen LogP contribution in [0.15, 0.2) is 12.2 Å². The third-order valence-electron chi connectivity index (χ3n) is 2.87. The highest BCUT2D eigenvalue weighted by atomic mass is 16.2. The fraction of sp³-hybridized carbons (Fsp3) is 0.583. The van der Waals surface area contributed by atoms with Crippen LogP contribution in [0.2, 0.25) is 0 Å². The van der Waals surface area contributed by atoms with Crippen molar-refractivity contribution >= 4 is 17.8 Å². The summed E-state index contributed by atoms with van der Waals surface area (Å²) in [6, 6.07) is -0.730. The monoisotopic (exact) mass is 238 g/mol. The molecule has 5 heteroatoms. The van der Waals surface area contributed by atoms with Gasteiger partial charge in [-0.15, -0.1) is 0 Å². The number of carbonyl (C=O) groups excluding carboxylic acids is 3. The minimum atomic E-state index is -1.13. The Bertz CT molecular complexity index is 341. The van der Waals surface area contributed by atoms with Crippen molar-refractivity contribution in [2.75, 3.05) is 0 Å². The third-order valence-corrected chi connectivity index (χ3v) is 2.87. The molecule has 1 aliphatic rings. The first-order chi connectivity index (χ1) is 8.06. The summed E-state index contributed by atoms with van der Waals surface area (Å²) < 4.78 is 0. The van der Waals surface area contributed by atoms with E-state index in [1.165, 1.54) is 0 Å². The molecule has 0 radical (unpaired) electrons. The molecule has 1 heterocycles. The molecule has 1 fully saturated rings. The lowest BCUT2D eigenvalue weighted by atomic mass is 9.77. The Labute approximate surface area is 101 Å². The third kappa shape index (κ3) is 2.72. The molecule has 1 saturated heterocycles. The molecule has 4 amide bonds. The molecule has 0 spiro atoms. The highest BCUT2D eigenvalue weighted by molar-refractivity contribution is 6.19. The van der Waals surface area contributed by atoms with E-state index in [0.717, 1.165) is 6.42 Å². The molecule has 0 aromatic rings. The van der Waals surface area contributed by atoms with Gasteiger partial charge in [0.15, 0.2) is 0 Å². The number of allylic oxidation sites excluding steroid dienone is 2. The molecule has 0 unspecified atom stereocenters. The number of amides is 4. The van der Waals surface area contributed by atoms with Gasteiger partial charge in [-0.1, -0.05) is 32.4 Å². The molecule has 94 valence electrons. The Morgan fingerprint density at radius 1 is 1.06 bits per heavy atom. The van der Waals surface area contributed by atoms with Gasteiger partial charge in [-0.2, -0.15) is 0 Å². The van der Waals surface area contributed by atoms with Gasteiger partial charge in [0.25, 0.3) is 0 Å². The molecule has 0 aromatic heterocycles. The van der Waals surface area contributed by atoms with Gasteiger partial charge >= 0.3 is 6.03 Å². The van der Waals surface area contributed by atoms with Gasteiger partial charge in [0.05, 0.1) is 0 Å². The van der Waals surface area contributed by atoms with Gasteiger partial charge < -0.3 is 0 Å². The van der Waals surface area contributed by atoms with Crippen molar-refractivity contribution in [1.82, 2.24) is 10.6 Å². The van der Waals surface area contributed by atoms with E-state index >= 15 is 0 Å². The van der Waals surface area contributed by atoms with Crippen molar-refractivity contribution in [2.24, 2.45) is 5.41 Å². The first kappa shape index (κ1) is 13.4. The number of hydrogen-bond donors (Lipinski definition) is 2. The van der Waals surface area contributed by atoms with E-state index < -0.39 is 23.3 Å². The van der Waals surface area contributed by atoms with Crippen molar-refractivity contribution in [2.45, 2.75) is 39.5 Å². The topological polar surface area (TPSA) is 75.3 Å². The minimum Gasteiger partial charge on any atom is -0.277 e. The number of urea groups is 1. The smallest absolute Gasteiger partial charge is 0.277 e. The summed E-state index contributed by atoms with van der Waals surface area (Å²) in [5.41, 5.74) is -1.13. The van der Waals surface area contributed by atoms with Gasteiger partial charge in [0.2, 0.25) is 11.8 Å². The number of imide groups is 2. The summed E-state index contributed by atoms with van der Waals surface area (Å²) in [4.78, 5) is 34.8. The van der Waals surface area contributed by atoms with Crippen LogP contribution in [0.25, 0.3) is 0 Å². The van der Waals surface area contributed by atoms with Crippen LogP contribution in [-0.2, 0) is 9.59 Å². The number of hydrogen-bond acceptors (Lipinski definition) is 3. The fourth-order valence-corrected chi connectivity index (χ4v) is 1.97. The zero-order chi connectivity index (χ0) is 12.9. The predicted molar refractivity (Wildman–Crippen MR) is 63.1 cm³/mol. The zero-order valence-corrected chi connectivity index (χ0v) is 10.2. The maximum absolute atomic E-state index is 11.9. The summed E-state index contributed by atoms with van der Waals surface area (Å²) in [5, 5.41) is 4.34. The van der Waals surface area contributed by atoms with Gasteiger partial charge in [0, 0.05) is 0 Å². The molecule has 0 bridgehead atoms. The van der Waals surface area contributed by atoms with Crippen LogP contribution in [0.1, 0.15) is 39.5 Å². The molecular weight excluding hydrogens is 220 g/mol. The van der Waals surface area contributed by atoms with Crippen molar-refractivity contribution in [3.8, 4) is 0 Å². The second-order valence-corrected chi connectivity index (χ2v) is 4.15.